The summed E-state index contributed by atoms with van der Waals surface area (Å²) < 4.78 is 26.9. The summed E-state index contributed by atoms with van der Waals surface area (Å²) in [5, 5.41) is 2.82. The van der Waals surface area contributed by atoms with E-state index in [1.54, 1.807) is 28.6 Å². The summed E-state index contributed by atoms with van der Waals surface area (Å²) in [6, 6.07) is 6.45. The fraction of sp³-hybridized carbons (Fsp3) is 0.611. The van der Waals surface area contributed by atoms with E-state index < -0.39 is 10.0 Å². The molecule has 2 rings (SSSR count). The lowest BCUT2D eigenvalue weighted by atomic mass is 9.92. The highest BCUT2D eigenvalue weighted by atomic mass is 32.2. The van der Waals surface area contributed by atoms with E-state index in [1.165, 1.54) is 0 Å². The summed E-state index contributed by atoms with van der Waals surface area (Å²) in [6.07, 6.45) is 2.39. The van der Waals surface area contributed by atoms with E-state index in [1.807, 2.05) is 20.8 Å². The number of carbonyl (C=O) groups excluding carboxylic acids is 1. The molecule has 1 saturated heterocycles. The Morgan fingerprint density at radius 2 is 1.88 bits per heavy atom. The van der Waals surface area contributed by atoms with E-state index in [4.69, 9.17) is 0 Å². The van der Waals surface area contributed by atoms with Crippen LogP contribution in [0.1, 0.15) is 47.0 Å². The highest BCUT2D eigenvalue weighted by Crippen LogP contribution is 2.25. The Labute approximate surface area is 145 Å². The number of nitrogens with zero attached hydrogens (tertiary/aromatic N) is 1. The van der Waals surface area contributed by atoms with Gasteiger partial charge in [0, 0.05) is 25.2 Å². The predicted molar refractivity (Wildman–Crippen MR) is 96.3 cm³/mol. The van der Waals surface area contributed by atoms with Gasteiger partial charge in [0.25, 0.3) is 0 Å². The fourth-order valence-electron chi connectivity index (χ4n) is 2.91. The van der Waals surface area contributed by atoms with E-state index in [0.717, 1.165) is 12.8 Å². The molecule has 1 N–H and O–H groups in total. The Hall–Kier alpha value is -1.40. The van der Waals surface area contributed by atoms with Crippen molar-refractivity contribution in [2.24, 2.45) is 11.3 Å². The number of rotatable bonds is 4. The zero-order chi connectivity index (χ0) is 18.0. The number of anilines is 1. The Morgan fingerprint density at radius 3 is 2.42 bits per heavy atom. The van der Waals surface area contributed by atoms with E-state index in [2.05, 4.69) is 12.2 Å². The van der Waals surface area contributed by atoms with Gasteiger partial charge in [0.15, 0.2) is 0 Å². The van der Waals surface area contributed by atoms with Crippen molar-refractivity contribution < 1.29 is 13.2 Å². The number of carbonyl (C=O) groups is 1. The minimum Gasteiger partial charge on any atom is -0.326 e. The first-order chi connectivity index (χ1) is 11.1. The summed E-state index contributed by atoms with van der Waals surface area (Å²) in [7, 11) is -3.45. The maximum Gasteiger partial charge on any atom is 0.243 e. The van der Waals surface area contributed by atoms with Crippen molar-refractivity contribution in [2.45, 2.75) is 51.9 Å². The van der Waals surface area contributed by atoms with Crippen LogP contribution in [0.2, 0.25) is 0 Å². The van der Waals surface area contributed by atoms with Gasteiger partial charge >= 0.3 is 0 Å². The van der Waals surface area contributed by atoms with Crippen LogP contribution in [0, 0.1) is 11.3 Å². The fourth-order valence-corrected chi connectivity index (χ4v) is 4.51. The Bertz CT molecular complexity index is 675. The van der Waals surface area contributed by atoms with Crippen LogP contribution in [0.25, 0.3) is 0 Å². The average Bonchev–Trinajstić information content (AvgIpc) is 2.45. The molecule has 0 unspecified atom stereocenters. The lowest BCUT2D eigenvalue weighted by molar-refractivity contribution is -0.117. The predicted octanol–water partition coefficient (Wildman–Crippen LogP) is 3.48. The number of hydrogen-bond acceptors (Lipinski definition) is 3. The average molecular weight is 353 g/mol. The molecule has 0 radical (unpaired) electrons. The highest BCUT2D eigenvalue weighted by molar-refractivity contribution is 7.89. The molecule has 5 nitrogen and oxygen atoms in total. The van der Waals surface area contributed by atoms with Crippen LogP contribution < -0.4 is 5.32 Å². The second kappa shape index (κ2) is 7.23. The molecule has 0 bridgehead atoms. The van der Waals surface area contributed by atoms with Gasteiger partial charge < -0.3 is 5.32 Å². The van der Waals surface area contributed by atoms with Crippen LogP contribution in [-0.4, -0.2) is 31.7 Å². The van der Waals surface area contributed by atoms with Crippen molar-refractivity contribution >= 4 is 21.6 Å². The van der Waals surface area contributed by atoms with Gasteiger partial charge in [-0.05, 0) is 48.4 Å². The lowest BCUT2D eigenvalue weighted by Gasteiger charge is -2.30. The van der Waals surface area contributed by atoms with Crippen LogP contribution >= 0.6 is 0 Å². The summed E-state index contributed by atoms with van der Waals surface area (Å²) in [4.78, 5) is 12.2. The minimum atomic E-state index is -3.45. The number of hydrogen-bond donors (Lipinski definition) is 1. The molecule has 1 aromatic rings. The lowest BCUT2D eigenvalue weighted by Crippen LogP contribution is -2.39. The Kier molecular flexibility index (Phi) is 5.71. The number of benzene rings is 1. The van der Waals surface area contributed by atoms with Gasteiger partial charge in [0.2, 0.25) is 15.9 Å². The first-order valence-corrected chi connectivity index (χ1v) is 9.92. The highest BCUT2D eigenvalue weighted by Gasteiger charge is 2.28. The SMILES string of the molecule is C[C@@H]1CCCN(S(=O)(=O)c2ccc(NC(=O)CC(C)(C)C)cc2)C1. The third-order valence-corrected chi connectivity index (χ3v) is 5.97. The molecule has 24 heavy (non-hydrogen) atoms. The molecule has 134 valence electrons. The first-order valence-electron chi connectivity index (χ1n) is 8.48. The van der Waals surface area contributed by atoms with Crippen LogP contribution in [-0.2, 0) is 14.8 Å². The number of sulfonamides is 1. The molecule has 1 amide bonds. The normalized spacial score (nSPS) is 19.9. The number of piperidine rings is 1. The van der Waals surface area contributed by atoms with Gasteiger partial charge in [-0.1, -0.05) is 27.7 Å². The largest absolute Gasteiger partial charge is 0.326 e. The molecular formula is C18H28N2O3S. The van der Waals surface area contributed by atoms with Gasteiger partial charge in [0.05, 0.1) is 4.90 Å². The van der Waals surface area contributed by atoms with Crippen molar-refractivity contribution in [3.05, 3.63) is 24.3 Å². The van der Waals surface area contributed by atoms with Crippen molar-refractivity contribution in [2.75, 3.05) is 18.4 Å². The molecule has 1 heterocycles. The molecule has 0 saturated carbocycles. The molecule has 1 aromatic carbocycles. The van der Waals surface area contributed by atoms with Crippen molar-refractivity contribution in [3.8, 4) is 0 Å². The number of nitrogens with one attached hydrogen (secondary N) is 1. The molecule has 0 aromatic heterocycles. The molecule has 1 aliphatic heterocycles. The monoisotopic (exact) mass is 352 g/mol. The van der Waals surface area contributed by atoms with E-state index in [0.29, 0.717) is 31.1 Å². The molecule has 1 atom stereocenters. The van der Waals surface area contributed by atoms with Gasteiger partial charge in [-0.25, -0.2) is 8.42 Å². The molecule has 0 spiro atoms. The standard InChI is InChI=1S/C18H28N2O3S/c1-14-6-5-11-20(13-14)24(22,23)16-9-7-15(8-10-16)19-17(21)12-18(2,3)4/h7-10,14H,5-6,11-13H2,1-4H3,(H,19,21)/t14-/m1/s1. The van der Waals surface area contributed by atoms with Gasteiger partial charge in [-0.3, -0.25) is 4.79 Å². The maximum atomic E-state index is 12.7. The molecule has 0 aliphatic carbocycles. The topological polar surface area (TPSA) is 66.5 Å². The first kappa shape index (κ1) is 18.9. The molecule has 1 fully saturated rings. The zero-order valence-electron chi connectivity index (χ0n) is 15.0. The Morgan fingerprint density at radius 1 is 1.25 bits per heavy atom. The summed E-state index contributed by atoms with van der Waals surface area (Å²) >= 11 is 0. The number of amides is 1. The third-order valence-electron chi connectivity index (χ3n) is 4.09. The summed E-state index contributed by atoms with van der Waals surface area (Å²) in [5.74, 6) is 0.326. The summed E-state index contributed by atoms with van der Waals surface area (Å²) in [5.41, 5.74) is 0.536. The van der Waals surface area contributed by atoms with E-state index >= 15 is 0 Å². The van der Waals surface area contributed by atoms with Crippen molar-refractivity contribution in [1.29, 1.82) is 0 Å². The van der Waals surface area contributed by atoms with Crippen molar-refractivity contribution in [1.82, 2.24) is 4.31 Å². The third kappa shape index (κ3) is 5.05. The van der Waals surface area contributed by atoms with E-state index in [9.17, 15) is 13.2 Å². The molecule has 1 aliphatic rings. The van der Waals surface area contributed by atoms with Gasteiger partial charge in [-0.2, -0.15) is 4.31 Å². The zero-order valence-corrected chi connectivity index (χ0v) is 15.8. The minimum absolute atomic E-state index is 0.0667. The van der Waals surface area contributed by atoms with Gasteiger partial charge in [0.1, 0.15) is 0 Å². The second-order valence-corrected chi connectivity index (χ2v) is 9.86. The van der Waals surface area contributed by atoms with E-state index in [-0.39, 0.29) is 16.2 Å². The summed E-state index contributed by atoms with van der Waals surface area (Å²) in [6.45, 7) is 9.24. The smallest absolute Gasteiger partial charge is 0.243 e. The second-order valence-electron chi connectivity index (χ2n) is 7.92. The van der Waals surface area contributed by atoms with Gasteiger partial charge in [-0.15, -0.1) is 0 Å². The quantitative estimate of drug-likeness (QED) is 0.902. The molecular weight excluding hydrogens is 324 g/mol. The van der Waals surface area contributed by atoms with Crippen LogP contribution in [0.5, 0.6) is 0 Å². The van der Waals surface area contributed by atoms with Crippen LogP contribution in [0.15, 0.2) is 29.2 Å². The van der Waals surface area contributed by atoms with Crippen LogP contribution in [0.4, 0.5) is 5.69 Å². The molecule has 6 heteroatoms. The Balaban J connectivity index is 2.07. The van der Waals surface area contributed by atoms with Crippen molar-refractivity contribution in [3.63, 3.8) is 0 Å². The maximum absolute atomic E-state index is 12.7. The van der Waals surface area contributed by atoms with Crippen LogP contribution in [0.3, 0.4) is 0 Å².